The van der Waals surface area contributed by atoms with E-state index in [0.29, 0.717) is 19.7 Å². The van der Waals surface area contributed by atoms with Gasteiger partial charge in [-0.25, -0.2) is 0 Å². The minimum Gasteiger partial charge on any atom is -0.465 e. The molecule has 0 aromatic carbocycles. The van der Waals surface area contributed by atoms with Crippen molar-refractivity contribution in [3.8, 4) is 0 Å². The molecule has 0 unspecified atom stereocenters. The normalized spacial score (nSPS) is 10.3. The highest BCUT2D eigenvalue weighted by Gasteiger charge is 2.15. The lowest BCUT2D eigenvalue weighted by Gasteiger charge is -2.22. The van der Waals surface area contributed by atoms with Crippen molar-refractivity contribution in [1.82, 2.24) is 9.80 Å². The first-order chi connectivity index (χ1) is 7.54. The fourth-order valence-corrected chi connectivity index (χ4v) is 1.16. The maximum absolute atomic E-state index is 11.6. The van der Waals surface area contributed by atoms with Gasteiger partial charge in [-0.15, -0.1) is 0 Å². The highest BCUT2D eigenvalue weighted by Crippen LogP contribution is 1.93. The molecule has 0 saturated heterocycles. The second-order valence-corrected chi connectivity index (χ2v) is 3.52. The van der Waals surface area contributed by atoms with E-state index in [0.717, 1.165) is 0 Å². The van der Waals surface area contributed by atoms with Gasteiger partial charge in [0.1, 0.15) is 0 Å². The molecule has 0 radical (unpaired) electrons. The summed E-state index contributed by atoms with van der Waals surface area (Å²) in [5, 5.41) is 0. The molecule has 5 nitrogen and oxygen atoms in total. The van der Waals surface area contributed by atoms with Crippen molar-refractivity contribution in [2.45, 2.75) is 20.8 Å². The summed E-state index contributed by atoms with van der Waals surface area (Å²) in [4.78, 5) is 26.3. The van der Waals surface area contributed by atoms with Gasteiger partial charge in [-0.3, -0.25) is 14.5 Å². The van der Waals surface area contributed by atoms with Gasteiger partial charge in [0.05, 0.1) is 19.7 Å². The van der Waals surface area contributed by atoms with Crippen LogP contribution in [0.2, 0.25) is 0 Å². The molecule has 94 valence electrons. The molecule has 16 heavy (non-hydrogen) atoms. The third kappa shape index (κ3) is 5.70. The molecule has 0 heterocycles. The Kier molecular flexibility index (Phi) is 7.54. The van der Waals surface area contributed by atoms with Gasteiger partial charge >= 0.3 is 5.97 Å². The number of ether oxygens (including phenoxy) is 1. The number of esters is 1. The van der Waals surface area contributed by atoms with Crippen LogP contribution in [-0.4, -0.2) is 61.5 Å². The predicted molar refractivity (Wildman–Crippen MR) is 62.1 cm³/mol. The van der Waals surface area contributed by atoms with Crippen LogP contribution in [0.1, 0.15) is 20.8 Å². The first-order valence-electron chi connectivity index (χ1n) is 5.67. The van der Waals surface area contributed by atoms with Crippen LogP contribution in [0.15, 0.2) is 0 Å². The van der Waals surface area contributed by atoms with Crippen molar-refractivity contribution in [2.75, 3.05) is 39.8 Å². The number of likely N-dealkylation sites (N-methyl/N-ethyl adjacent to an activating group) is 2. The zero-order valence-corrected chi connectivity index (χ0v) is 10.7. The van der Waals surface area contributed by atoms with Crippen molar-refractivity contribution in [3.63, 3.8) is 0 Å². The maximum Gasteiger partial charge on any atom is 0.320 e. The molecule has 0 saturated carbocycles. The lowest BCUT2D eigenvalue weighted by molar-refractivity contribution is -0.145. The van der Waals surface area contributed by atoms with Gasteiger partial charge in [0.25, 0.3) is 0 Å². The van der Waals surface area contributed by atoms with Crippen molar-refractivity contribution in [1.29, 1.82) is 0 Å². The molecule has 5 heteroatoms. The number of carbonyl (C=O) groups excluding carboxylic acids is 2. The summed E-state index contributed by atoms with van der Waals surface area (Å²) in [5.41, 5.74) is 0. The molecule has 0 N–H and O–H groups in total. The smallest absolute Gasteiger partial charge is 0.320 e. The number of nitrogens with zero attached hydrogens (tertiary/aromatic N) is 2. The Balaban J connectivity index is 4.09. The molecule has 0 rings (SSSR count). The number of hydrogen-bond acceptors (Lipinski definition) is 4. The molecular formula is C11H22N2O3. The fourth-order valence-electron chi connectivity index (χ4n) is 1.16. The Morgan fingerprint density at radius 2 is 1.69 bits per heavy atom. The lowest BCUT2D eigenvalue weighted by atomic mass is 10.4. The van der Waals surface area contributed by atoms with E-state index < -0.39 is 0 Å². The highest BCUT2D eigenvalue weighted by molar-refractivity contribution is 5.79. The van der Waals surface area contributed by atoms with E-state index in [-0.39, 0.29) is 25.0 Å². The van der Waals surface area contributed by atoms with E-state index in [1.165, 1.54) is 0 Å². The molecule has 0 aliphatic heterocycles. The van der Waals surface area contributed by atoms with Crippen LogP contribution >= 0.6 is 0 Å². The quantitative estimate of drug-likeness (QED) is 0.592. The third-order valence-corrected chi connectivity index (χ3v) is 2.36. The summed E-state index contributed by atoms with van der Waals surface area (Å²) in [6.07, 6.45) is 0. The number of amides is 1. The van der Waals surface area contributed by atoms with Crippen LogP contribution in [0, 0.1) is 0 Å². The van der Waals surface area contributed by atoms with Crippen LogP contribution in [0.25, 0.3) is 0 Å². The van der Waals surface area contributed by atoms with E-state index in [1.807, 2.05) is 13.8 Å². The molecule has 0 fully saturated rings. The first-order valence-corrected chi connectivity index (χ1v) is 5.67. The molecule has 0 spiro atoms. The summed E-state index contributed by atoms with van der Waals surface area (Å²) in [7, 11) is 1.75. The topological polar surface area (TPSA) is 49.9 Å². The summed E-state index contributed by atoms with van der Waals surface area (Å²) in [5.74, 6) is -0.259. The molecule has 0 aliphatic carbocycles. The number of carbonyl (C=O) groups is 2. The van der Waals surface area contributed by atoms with Crippen LogP contribution in [0.4, 0.5) is 0 Å². The van der Waals surface area contributed by atoms with E-state index in [4.69, 9.17) is 4.74 Å². The Hall–Kier alpha value is -1.10. The number of rotatable bonds is 7. The van der Waals surface area contributed by atoms with Crippen molar-refractivity contribution < 1.29 is 14.3 Å². The predicted octanol–water partition coefficient (Wildman–Crippen LogP) is 0.350. The zero-order chi connectivity index (χ0) is 12.6. The summed E-state index contributed by atoms with van der Waals surface area (Å²) in [6, 6.07) is 0. The minimum absolute atomic E-state index is 0.0219. The SMILES string of the molecule is CCOC(=O)CN(CC)CC(=O)N(C)CC. The van der Waals surface area contributed by atoms with Gasteiger partial charge in [-0.2, -0.15) is 0 Å². The molecule has 0 aromatic heterocycles. The van der Waals surface area contributed by atoms with Gasteiger partial charge in [-0.05, 0) is 20.4 Å². The third-order valence-electron chi connectivity index (χ3n) is 2.36. The van der Waals surface area contributed by atoms with Crippen molar-refractivity contribution in [3.05, 3.63) is 0 Å². The van der Waals surface area contributed by atoms with Gasteiger partial charge in [0.15, 0.2) is 0 Å². The monoisotopic (exact) mass is 230 g/mol. The van der Waals surface area contributed by atoms with Gasteiger partial charge in [0.2, 0.25) is 5.91 Å². The average Bonchev–Trinajstić information content (AvgIpc) is 2.27. The zero-order valence-electron chi connectivity index (χ0n) is 10.7. The van der Waals surface area contributed by atoms with Crippen molar-refractivity contribution >= 4 is 11.9 Å². The Labute approximate surface area is 97.3 Å². The molecule has 0 aliphatic rings. The summed E-state index contributed by atoms with van der Waals surface area (Å²) >= 11 is 0. The first kappa shape index (κ1) is 14.9. The molecular weight excluding hydrogens is 208 g/mol. The van der Waals surface area contributed by atoms with Crippen molar-refractivity contribution in [2.24, 2.45) is 0 Å². The second kappa shape index (κ2) is 8.10. The fraction of sp³-hybridized carbons (Fsp3) is 0.818. The van der Waals surface area contributed by atoms with Gasteiger partial charge in [0, 0.05) is 13.6 Å². The van der Waals surface area contributed by atoms with E-state index in [1.54, 1.807) is 23.8 Å². The lowest BCUT2D eigenvalue weighted by Crippen LogP contribution is -2.40. The van der Waals surface area contributed by atoms with Gasteiger partial charge < -0.3 is 9.64 Å². The van der Waals surface area contributed by atoms with Crippen LogP contribution in [0.5, 0.6) is 0 Å². The van der Waals surface area contributed by atoms with E-state index >= 15 is 0 Å². The second-order valence-electron chi connectivity index (χ2n) is 3.52. The Morgan fingerprint density at radius 3 is 2.12 bits per heavy atom. The number of hydrogen-bond donors (Lipinski definition) is 0. The van der Waals surface area contributed by atoms with E-state index in [9.17, 15) is 9.59 Å². The summed E-state index contributed by atoms with van der Waals surface area (Å²) in [6.45, 7) is 7.74. The highest BCUT2D eigenvalue weighted by atomic mass is 16.5. The minimum atomic E-state index is -0.281. The maximum atomic E-state index is 11.6. The molecule has 0 aromatic rings. The largest absolute Gasteiger partial charge is 0.465 e. The van der Waals surface area contributed by atoms with E-state index in [2.05, 4.69) is 0 Å². The Morgan fingerprint density at radius 1 is 1.06 bits per heavy atom. The van der Waals surface area contributed by atoms with Gasteiger partial charge in [-0.1, -0.05) is 6.92 Å². The standard InChI is InChI=1S/C11H22N2O3/c1-5-12(4)10(14)8-13(6-2)9-11(15)16-7-3/h5-9H2,1-4H3. The average molecular weight is 230 g/mol. The molecule has 1 amide bonds. The Bertz CT molecular complexity index is 231. The van der Waals surface area contributed by atoms with Crippen LogP contribution < -0.4 is 0 Å². The van der Waals surface area contributed by atoms with Crippen LogP contribution in [-0.2, 0) is 14.3 Å². The molecule has 0 atom stereocenters. The molecule has 0 bridgehead atoms. The van der Waals surface area contributed by atoms with Crippen LogP contribution in [0.3, 0.4) is 0 Å². The summed E-state index contributed by atoms with van der Waals surface area (Å²) < 4.78 is 4.84.